The molecule has 0 bridgehead atoms. The van der Waals surface area contributed by atoms with E-state index in [0.29, 0.717) is 6.54 Å². The van der Waals surface area contributed by atoms with Crippen LogP contribution in [0, 0.1) is 5.92 Å². The van der Waals surface area contributed by atoms with Crippen LogP contribution in [0.25, 0.3) is 32.9 Å². The molecule has 0 radical (unpaired) electrons. The highest BCUT2D eigenvalue weighted by Gasteiger charge is 2.25. The van der Waals surface area contributed by atoms with E-state index in [1.54, 1.807) is 6.20 Å². The van der Waals surface area contributed by atoms with Gasteiger partial charge < -0.3 is 4.57 Å². The summed E-state index contributed by atoms with van der Waals surface area (Å²) in [5.74, 6) is 0.751. The predicted molar refractivity (Wildman–Crippen MR) is 120 cm³/mol. The zero-order valence-corrected chi connectivity index (χ0v) is 17.1. The van der Waals surface area contributed by atoms with Crippen molar-refractivity contribution in [2.75, 3.05) is 0 Å². The van der Waals surface area contributed by atoms with Crippen LogP contribution in [0.2, 0.25) is 5.02 Å². The van der Waals surface area contributed by atoms with Crippen molar-refractivity contribution in [3.63, 3.8) is 0 Å². The van der Waals surface area contributed by atoms with Crippen LogP contribution in [0.15, 0.2) is 67.5 Å². The summed E-state index contributed by atoms with van der Waals surface area (Å²) in [6.45, 7) is 1.71. The summed E-state index contributed by atoms with van der Waals surface area (Å²) < 4.78 is 4.38. The summed E-state index contributed by atoms with van der Waals surface area (Å²) in [5, 5.41) is 7.72. The summed E-state index contributed by atoms with van der Waals surface area (Å²) in [4.78, 5) is 8.60. The van der Waals surface area contributed by atoms with Gasteiger partial charge in [0.05, 0.1) is 30.0 Å². The molecule has 0 spiro atoms. The third kappa shape index (κ3) is 3.06. The smallest absolute Gasteiger partial charge is 0.0678 e. The summed E-state index contributed by atoms with van der Waals surface area (Å²) in [5.41, 5.74) is 5.70. The zero-order valence-electron chi connectivity index (χ0n) is 16.4. The van der Waals surface area contributed by atoms with E-state index in [0.717, 1.165) is 34.2 Å². The lowest BCUT2D eigenvalue weighted by atomic mass is 10.0. The van der Waals surface area contributed by atoms with Crippen LogP contribution < -0.4 is 0 Å². The molecular formula is C24H20ClN5. The molecule has 0 unspecified atom stereocenters. The first-order valence-corrected chi connectivity index (χ1v) is 10.6. The number of pyridine rings is 2. The Hall–Kier alpha value is -3.18. The van der Waals surface area contributed by atoms with Crippen LogP contribution in [-0.4, -0.2) is 24.3 Å². The molecule has 4 aromatic heterocycles. The number of rotatable bonds is 5. The van der Waals surface area contributed by atoms with Gasteiger partial charge in [-0.2, -0.15) is 5.10 Å². The highest BCUT2D eigenvalue weighted by molar-refractivity contribution is 6.32. The molecule has 0 saturated heterocycles. The fourth-order valence-electron chi connectivity index (χ4n) is 4.28. The standard InChI is InChI=1S/C24H20ClN5/c25-19-8-21(18-11-28-29(15-18)13-17-2-1-6-26-10-17)24-22(9-19)20-5-7-27-12-23(20)30(24)14-16-3-4-16/h1-2,5-12,15-16H,3-4,13-14H2. The molecular weight excluding hydrogens is 394 g/mol. The number of hydrogen-bond acceptors (Lipinski definition) is 3. The second kappa shape index (κ2) is 6.96. The maximum atomic E-state index is 6.58. The van der Waals surface area contributed by atoms with Gasteiger partial charge in [-0.15, -0.1) is 0 Å². The summed E-state index contributed by atoms with van der Waals surface area (Å²) in [6, 6.07) is 10.2. The van der Waals surface area contributed by atoms with Crippen molar-refractivity contribution < 1.29 is 0 Å². The number of aromatic nitrogens is 5. The Morgan fingerprint density at radius 3 is 2.73 bits per heavy atom. The molecule has 0 atom stereocenters. The minimum absolute atomic E-state index is 0.687. The Kier molecular flexibility index (Phi) is 4.09. The van der Waals surface area contributed by atoms with E-state index >= 15 is 0 Å². The molecule has 1 fully saturated rings. The molecule has 0 aliphatic heterocycles. The first kappa shape index (κ1) is 17.7. The maximum Gasteiger partial charge on any atom is 0.0678 e. The molecule has 4 heterocycles. The van der Waals surface area contributed by atoms with Crippen LogP contribution >= 0.6 is 11.6 Å². The first-order valence-electron chi connectivity index (χ1n) is 10.2. The van der Waals surface area contributed by atoms with Crippen molar-refractivity contribution in [3.8, 4) is 11.1 Å². The van der Waals surface area contributed by atoms with Crippen molar-refractivity contribution in [3.05, 3.63) is 78.1 Å². The molecule has 5 nitrogen and oxygen atoms in total. The predicted octanol–water partition coefficient (Wildman–Crippen LogP) is 5.56. The third-order valence-corrected chi connectivity index (χ3v) is 6.09. The molecule has 1 aliphatic carbocycles. The van der Waals surface area contributed by atoms with Gasteiger partial charge in [-0.1, -0.05) is 17.7 Å². The lowest BCUT2D eigenvalue weighted by Crippen LogP contribution is -2.01. The molecule has 148 valence electrons. The topological polar surface area (TPSA) is 48.5 Å². The summed E-state index contributed by atoms with van der Waals surface area (Å²) in [6.07, 6.45) is 14.1. The van der Waals surface area contributed by atoms with E-state index in [4.69, 9.17) is 11.6 Å². The van der Waals surface area contributed by atoms with Crippen LogP contribution in [0.1, 0.15) is 18.4 Å². The summed E-state index contributed by atoms with van der Waals surface area (Å²) in [7, 11) is 0. The van der Waals surface area contributed by atoms with Crippen molar-refractivity contribution in [2.24, 2.45) is 5.92 Å². The van der Waals surface area contributed by atoms with Crippen LogP contribution in [0.4, 0.5) is 0 Å². The zero-order chi connectivity index (χ0) is 20.1. The van der Waals surface area contributed by atoms with Gasteiger partial charge in [0.2, 0.25) is 0 Å². The number of fused-ring (bicyclic) bond motifs is 3. The minimum atomic E-state index is 0.687. The monoisotopic (exact) mass is 413 g/mol. The van der Waals surface area contributed by atoms with Gasteiger partial charge in [-0.25, -0.2) is 0 Å². The van der Waals surface area contributed by atoms with Gasteiger partial charge >= 0.3 is 0 Å². The average molecular weight is 414 g/mol. The second-order valence-corrected chi connectivity index (χ2v) is 8.52. The summed E-state index contributed by atoms with van der Waals surface area (Å²) >= 11 is 6.58. The van der Waals surface area contributed by atoms with Crippen LogP contribution in [0.3, 0.4) is 0 Å². The van der Waals surface area contributed by atoms with Crippen molar-refractivity contribution in [1.29, 1.82) is 0 Å². The van der Waals surface area contributed by atoms with E-state index in [9.17, 15) is 0 Å². The van der Waals surface area contributed by atoms with Crippen LogP contribution in [-0.2, 0) is 13.1 Å². The lowest BCUT2D eigenvalue weighted by molar-refractivity contribution is 0.664. The molecule has 0 amide bonds. The largest absolute Gasteiger partial charge is 0.338 e. The van der Waals surface area contributed by atoms with Gasteiger partial charge in [0.25, 0.3) is 0 Å². The Labute approximate surface area is 178 Å². The van der Waals surface area contributed by atoms with Crippen molar-refractivity contribution in [2.45, 2.75) is 25.9 Å². The quantitative estimate of drug-likeness (QED) is 0.379. The highest BCUT2D eigenvalue weighted by Crippen LogP contribution is 2.40. The van der Waals surface area contributed by atoms with Crippen molar-refractivity contribution in [1.82, 2.24) is 24.3 Å². The SMILES string of the molecule is Clc1cc(-c2cnn(Cc3cccnc3)c2)c2c(c1)c1ccncc1n2CC1CC1. The molecule has 1 aliphatic rings. The van der Waals surface area contributed by atoms with Gasteiger partial charge in [0.15, 0.2) is 0 Å². The number of halogens is 1. The Morgan fingerprint density at radius 2 is 1.90 bits per heavy atom. The highest BCUT2D eigenvalue weighted by atomic mass is 35.5. The number of hydrogen-bond donors (Lipinski definition) is 0. The van der Waals surface area contributed by atoms with E-state index in [-0.39, 0.29) is 0 Å². The molecule has 30 heavy (non-hydrogen) atoms. The van der Waals surface area contributed by atoms with Gasteiger partial charge in [-0.05, 0) is 48.6 Å². The van der Waals surface area contributed by atoms with Gasteiger partial charge in [0, 0.05) is 58.3 Å². The molecule has 0 N–H and O–H groups in total. The van der Waals surface area contributed by atoms with Gasteiger partial charge in [-0.3, -0.25) is 14.6 Å². The Morgan fingerprint density at radius 1 is 1.00 bits per heavy atom. The lowest BCUT2D eigenvalue weighted by Gasteiger charge is -2.10. The Bertz CT molecular complexity index is 1360. The molecule has 6 rings (SSSR count). The maximum absolute atomic E-state index is 6.58. The van der Waals surface area contributed by atoms with E-state index in [1.807, 2.05) is 35.5 Å². The minimum Gasteiger partial charge on any atom is -0.338 e. The van der Waals surface area contributed by atoms with E-state index in [2.05, 4.69) is 50.1 Å². The fourth-order valence-corrected chi connectivity index (χ4v) is 4.50. The van der Waals surface area contributed by atoms with Crippen LogP contribution in [0.5, 0.6) is 0 Å². The van der Waals surface area contributed by atoms with E-state index in [1.165, 1.54) is 34.6 Å². The van der Waals surface area contributed by atoms with Crippen molar-refractivity contribution >= 4 is 33.4 Å². The fraction of sp³-hybridized carbons (Fsp3) is 0.208. The Balaban J connectivity index is 1.53. The second-order valence-electron chi connectivity index (χ2n) is 8.08. The molecule has 1 saturated carbocycles. The normalized spacial score (nSPS) is 14.0. The molecule has 5 aromatic rings. The third-order valence-electron chi connectivity index (χ3n) is 5.87. The molecule has 1 aromatic carbocycles. The number of benzene rings is 1. The molecule has 6 heteroatoms. The first-order chi connectivity index (χ1) is 14.8. The van der Waals surface area contributed by atoms with E-state index < -0.39 is 0 Å². The average Bonchev–Trinajstić information content (AvgIpc) is 3.38. The van der Waals surface area contributed by atoms with Gasteiger partial charge in [0.1, 0.15) is 0 Å². The number of nitrogens with zero attached hydrogens (tertiary/aromatic N) is 5.